The molecule has 3 aromatic rings. The summed E-state index contributed by atoms with van der Waals surface area (Å²) in [5.41, 5.74) is -8.25. The van der Waals surface area contributed by atoms with E-state index < -0.39 is 104 Å². The van der Waals surface area contributed by atoms with Crippen LogP contribution in [0.5, 0.6) is 0 Å². The zero-order valence-corrected chi connectivity index (χ0v) is 28.5. The number of benzene rings is 3. The number of sulfone groups is 1. The molecular formula is C34H32F9N3O6S. The van der Waals surface area contributed by atoms with Crippen LogP contribution < -0.4 is 0 Å². The van der Waals surface area contributed by atoms with Gasteiger partial charge in [-0.3, -0.25) is 4.79 Å². The molecule has 19 heteroatoms. The molecule has 2 aliphatic rings. The molecule has 9 nitrogen and oxygen atoms in total. The molecule has 53 heavy (non-hydrogen) atoms. The third-order valence-electron chi connectivity index (χ3n) is 9.62. The average Bonchev–Trinajstić information content (AvgIpc) is 3.56. The molecule has 0 saturated carbocycles. The van der Waals surface area contributed by atoms with Crippen LogP contribution in [0.2, 0.25) is 0 Å². The van der Waals surface area contributed by atoms with E-state index in [-0.39, 0.29) is 37.6 Å². The van der Waals surface area contributed by atoms with Gasteiger partial charge in [0.1, 0.15) is 22.2 Å². The molecule has 2 saturated heterocycles. The van der Waals surface area contributed by atoms with Gasteiger partial charge in [0.25, 0.3) is 5.60 Å². The van der Waals surface area contributed by atoms with E-state index in [9.17, 15) is 62.6 Å². The number of hydrogen-bond donors (Lipinski definition) is 1. The van der Waals surface area contributed by atoms with E-state index in [2.05, 4.69) is 4.74 Å². The molecule has 0 unspecified atom stereocenters. The highest BCUT2D eigenvalue weighted by Crippen LogP contribution is 2.54. The number of alkyl halides is 6. The molecule has 288 valence electrons. The monoisotopic (exact) mass is 781 g/mol. The van der Waals surface area contributed by atoms with Crippen molar-refractivity contribution in [3.05, 3.63) is 101 Å². The molecule has 5 rings (SSSR count). The molecule has 3 aromatic carbocycles. The highest BCUT2D eigenvalue weighted by Gasteiger charge is 2.73. The second kappa shape index (κ2) is 14.5. The smallest absolute Gasteiger partial charge is 0.394 e. The van der Waals surface area contributed by atoms with E-state index in [0.717, 1.165) is 35.2 Å². The van der Waals surface area contributed by atoms with Crippen LogP contribution in [0.4, 0.5) is 44.3 Å². The molecule has 2 aliphatic heterocycles. The van der Waals surface area contributed by atoms with Gasteiger partial charge in [0, 0.05) is 50.8 Å². The van der Waals surface area contributed by atoms with Crippen molar-refractivity contribution in [1.29, 1.82) is 0 Å². The molecule has 0 spiro atoms. The number of halogens is 9. The number of aliphatic hydroxyl groups is 1. The predicted molar refractivity (Wildman–Crippen MR) is 168 cm³/mol. The second-order valence-electron chi connectivity index (χ2n) is 12.6. The predicted octanol–water partition coefficient (Wildman–Crippen LogP) is 5.66. The zero-order valence-electron chi connectivity index (χ0n) is 27.7. The fourth-order valence-electron chi connectivity index (χ4n) is 6.79. The first kappa shape index (κ1) is 39.8. The van der Waals surface area contributed by atoms with Crippen molar-refractivity contribution < 1.29 is 67.4 Å². The SMILES string of the molecule is CC(=O)N1CCN(C(=O)N2CC[C@](c3ccc(C(OCc4c(F)cccc4F)(C(F)(F)F)C(F)(F)F)cc3)(S(=O)(=O)c3ccc(F)cc3)C2)C[C@@H]1CO. The lowest BCUT2D eigenvalue weighted by molar-refractivity contribution is -0.392. The number of carbonyl (C=O) groups is 2. The molecule has 3 amide bonds. The minimum atomic E-state index is -6.26. The number of aliphatic hydroxyl groups excluding tert-OH is 1. The van der Waals surface area contributed by atoms with Gasteiger partial charge >= 0.3 is 18.4 Å². The fourth-order valence-corrected chi connectivity index (χ4v) is 8.87. The van der Waals surface area contributed by atoms with Crippen molar-refractivity contribution >= 4 is 21.8 Å². The van der Waals surface area contributed by atoms with Crippen molar-refractivity contribution in [3.8, 4) is 0 Å². The molecule has 1 N–H and O–H groups in total. The topological polar surface area (TPSA) is 107 Å². The van der Waals surface area contributed by atoms with Crippen LogP contribution in [-0.4, -0.2) is 97.9 Å². The highest BCUT2D eigenvalue weighted by molar-refractivity contribution is 7.92. The average molecular weight is 782 g/mol. The summed E-state index contributed by atoms with van der Waals surface area (Å²) >= 11 is 0. The number of carbonyl (C=O) groups excluding carboxylic acids is 2. The van der Waals surface area contributed by atoms with Crippen LogP contribution in [0.15, 0.2) is 71.6 Å². The fraction of sp³-hybridized carbons (Fsp3) is 0.412. The molecule has 0 aliphatic carbocycles. The minimum Gasteiger partial charge on any atom is -0.394 e. The van der Waals surface area contributed by atoms with Gasteiger partial charge in [-0.25, -0.2) is 26.4 Å². The molecular weight excluding hydrogens is 749 g/mol. The number of piperazine rings is 1. The van der Waals surface area contributed by atoms with Gasteiger partial charge in [-0.2, -0.15) is 26.3 Å². The summed E-state index contributed by atoms with van der Waals surface area (Å²) in [5.74, 6) is -4.08. The zero-order chi connectivity index (χ0) is 39.1. The third-order valence-corrected chi connectivity index (χ3v) is 12.1. The second-order valence-corrected chi connectivity index (χ2v) is 14.9. The molecule has 2 atom stereocenters. The summed E-state index contributed by atoms with van der Waals surface area (Å²) in [6.07, 6.45) is -12.9. The number of amides is 3. The maximum absolute atomic E-state index is 14.6. The first-order valence-corrected chi connectivity index (χ1v) is 17.4. The normalized spacial score (nSPS) is 20.2. The largest absolute Gasteiger partial charge is 0.430 e. The summed E-state index contributed by atoms with van der Waals surface area (Å²) in [5, 5.41) is 9.82. The Balaban J connectivity index is 1.57. The van der Waals surface area contributed by atoms with Crippen LogP contribution in [0, 0.1) is 17.5 Å². The van der Waals surface area contributed by atoms with E-state index in [4.69, 9.17) is 0 Å². The Morgan fingerprint density at radius 1 is 0.849 bits per heavy atom. The molecule has 0 bridgehead atoms. The van der Waals surface area contributed by atoms with Crippen LogP contribution >= 0.6 is 0 Å². The Labute approximate surface area is 297 Å². The van der Waals surface area contributed by atoms with Crippen LogP contribution in [0.3, 0.4) is 0 Å². The minimum absolute atomic E-state index is 0.00553. The number of hydrogen-bond acceptors (Lipinski definition) is 6. The van der Waals surface area contributed by atoms with Crippen LogP contribution in [-0.2, 0) is 36.3 Å². The van der Waals surface area contributed by atoms with Gasteiger partial charge in [0.15, 0.2) is 9.84 Å². The van der Waals surface area contributed by atoms with Crippen molar-refractivity contribution in [1.82, 2.24) is 14.7 Å². The molecule has 2 heterocycles. The first-order chi connectivity index (χ1) is 24.7. The maximum Gasteiger partial charge on any atom is 0.430 e. The van der Waals surface area contributed by atoms with Crippen molar-refractivity contribution in [2.75, 3.05) is 39.3 Å². The molecule has 0 radical (unpaired) electrons. The standard InChI is InChI=1S/C34H32F9N3O6S/c1-21(48)46-16-15-44(17-25(46)18-47)30(49)45-14-13-31(20-45,53(50,51)26-11-9-24(35)10-12-26)22-5-7-23(8-6-22)32(33(38,39)40,34(41,42)43)52-19-27-28(36)3-2-4-29(27)37/h2-12,25,47H,13-20H2,1H3/t25-,31+/m1/s1. The Hall–Kier alpha value is -4.36. The maximum atomic E-state index is 14.6. The summed E-state index contributed by atoms with van der Waals surface area (Å²) in [6.45, 7) is -1.98. The molecule has 2 fully saturated rings. The lowest BCUT2D eigenvalue weighted by Gasteiger charge is -2.41. The summed E-state index contributed by atoms with van der Waals surface area (Å²) in [7, 11) is -4.69. The van der Waals surface area contributed by atoms with Gasteiger partial charge in [0.2, 0.25) is 5.91 Å². The van der Waals surface area contributed by atoms with E-state index >= 15 is 0 Å². The number of likely N-dealkylation sites (tertiary alicyclic amines) is 1. The summed E-state index contributed by atoms with van der Waals surface area (Å²) in [4.78, 5) is 29.0. The van der Waals surface area contributed by atoms with Crippen molar-refractivity contribution in [2.45, 2.75) is 53.6 Å². The quantitative estimate of drug-likeness (QED) is 0.234. The van der Waals surface area contributed by atoms with E-state index in [1.807, 2.05) is 0 Å². The van der Waals surface area contributed by atoms with E-state index in [1.54, 1.807) is 0 Å². The number of urea groups is 1. The Morgan fingerprint density at radius 2 is 1.43 bits per heavy atom. The van der Waals surface area contributed by atoms with Crippen molar-refractivity contribution in [3.63, 3.8) is 0 Å². The Bertz CT molecular complexity index is 1910. The van der Waals surface area contributed by atoms with Gasteiger partial charge < -0.3 is 24.5 Å². The third kappa shape index (κ3) is 7.05. The van der Waals surface area contributed by atoms with Gasteiger partial charge in [-0.05, 0) is 48.4 Å². The first-order valence-electron chi connectivity index (χ1n) is 15.9. The van der Waals surface area contributed by atoms with Gasteiger partial charge in [0.05, 0.1) is 24.2 Å². The lowest BCUT2D eigenvalue weighted by atomic mass is 9.88. The number of ether oxygens (including phenoxy) is 1. The lowest BCUT2D eigenvalue weighted by Crippen LogP contribution is -2.59. The number of rotatable bonds is 8. The Kier molecular flexibility index (Phi) is 10.9. The molecule has 0 aromatic heterocycles. The summed E-state index contributed by atoms with van der Waals surface area (Å²) in [6, 6.07) is 6.22. The van der Waals surface area contributed by atoms with Gasteiger partial charge in [-0.1, -0.05) is 30.3 Å². The highest BCUT2D eigenvalue weighted by atomic mass is 32.2. The Morgan fingerprint density at radius 3 is 1.96 bits per heavy atom. The summed E-state index contributed by atoms with van der Waals surface area (Å²) < 4.78 is 161. The van der Waals surface area contributed by atoms with Crippen LogP contribution in [0.1, 0.15) is 30.0 Å². The van der Waals surface area contributed by atoms with Crippen LogP contribution in [0.25, 0.3) is 0 Å². The van der Waals surface area contributed by atoms with E-state index in [1.165, 1.54) is 16.7 Å². The van der Waals surface area contributed by atoms with Gasteiger partial charge in [-0.15, -0.1) is 0 Å². The van der Waals surface area contributed by atoms with Crippen molar-refractivity contribution in [2.24, 2.45) is 0 Å². The van der Waals surface area contributed by atoms with E-state index in [0.29, 0.717) is 36.4 Å². The number of nitrogens with zero attached hydrogens (tertiary/aromatic N) is 3.